The lowest BCUT2D eigenvalue weighted by Crippen LogP contribution is -2.16. The van der Waals surface area contributed by atoms with E-state index in [9.17, 15) is 9.59 Å². The minimum atomic E-state index is -0.649. The van der Waals surface area contributed by atoms with Crippen LogP contribution in [0.25, 0.3) is 0 Å². The summed E-state index contributed by atoms with van der Waals surface area (Å²) in [6.45, 7) is 3.83. The monoisotopic (exact) mass is 170 g/mol. The van der Waals surface area contributed by atoms with Crippen LogP contribution in [0.2, 0.25) is 0 Å². The van der Waals surface area contributed by atoms with Crippen molar-refractivity contribution in [1.82, 2.24) is 0 Å². The average molecular weight is 170 g/mol. The standard InChI is InChI=1S/C9H14O3/c1-3-4-5-7-6(2)8(10)9(11)12-7/h6-7H,3-5H2,1-2H3. The van der Waals surface area contributed by atoms with Gasteiger partial charge in [-0.1, -0.05) is 26.7 Å². The second-order valence-corrected chi connectivity index (χ2v) is 3.24. The Morgan fingerprint density at radius 1 is 1.42 bits per heavy atom. The van der Waals surface area contributed by atoms with Crippen LogP contribution >= 0.6 is 0 Å². The molecule has 0 aromatic rings. The minimum Gasteiger partial charge on any atom is -0.456 e. The molecule has 12 heavy (non-hydrogen) atoms. The van der Waals surface area contributed by atoms with E-state index < -0.39 is 5.97 Å². The average Bonchev–Trinajstić information content (AvgIpc) is 2.30. The summed E-state index contributed by atoms with van der Waals surface area (Å²) in [5.41, 5.74) is 0. The first-order valence-electron chi connectivity index (χ1n) is 4.41. The summed E-state index contributed by atoms with van der Waals surface area (Å²) in [5.74, 6) is -1.25. The quantitative estimate of drug-likeness (QED) is 0.473. The number of Topliss-reactive ketones (excluding diaryl/α,β-unsaturated/α-hetero) is 1. The van der Waals surface area contributed by atoms with Crippen LogP contribution in [0.1, 0.15) is 33.1 Å². The third-order valence-electron chi connectivity index (χ3n) is 2.27. The van der Waals surface area contributed by atoms with Crippen LogP contribution in [0.5, 0.6) is 0 Å². The van der Waals surface area contributed by atoms with Gasteiger partial charge >= 0.3 is 5.97 Å². The van der Waals surface area contributed by atoms with E-state index in [1.54, 1.807) is 6.92 Å². The number of rotatable bonds is 3. The Kier molecular flexibility index (Phi) is 2.84. The van der Waals surface area contributed by atoms with E-state index in [0.717, 1.165) is 19.3 Å². The van der Waals surface area contributed by atoms with E-state index in [1.165, 1.54) is 0 Å². The summed E-state index contributed by atoms with van der Waals surface area (Å²) in [7, 11) is 0. The molecule has 0 saturated carbocycles. The van der Waals surface area contributed by atoms with Crippen molar-refractivity contribution in [1.29, 1.82) is 0 Å². The first-order valence-corrected chi connectivity index (χ1v) is 4.41. The summed E-state index contributed by atoms with van der Waals surface area (Å²) in [6.07, 6.45) is 2.73. The Bertz CT molecular complexity index is 198. The molecule has 0 aromatic carbocycles. The van der Waals surface area contributed by atoms with Gasteiger partial charge in [0.15, 0.2) is 0 Å². The molecular weight excluding hydrogens is 156 g/mol. The smallest absolute Gasteiger partial charge is 0.375 e. The molecule has 0 bridgehead atoms. The number of unbranched alkanes of at least 4 members (excludes halogenated alkanes) is 1. The first kappa shape index (κ1) is 9.23. The molecule has 0 aliphatic carbocycles. The first-order chi connectivity index (χ1) is 5.66. The highest BCUT2D eigenvalue weighted by atomic mass is 16.6. The molecule has 0 N–H and O–H groups in total. The minimum absolute atomic E-state index is 0.162. The Labute approximate surface area is 72.1 Å². The molecule has 68 valence electrons. The third-order valence-corrected chi connectivity index (χ3v) is 2.27. The van der Waals surface area contributed by atoms with Crippen molar-refractivity contribution in [2.75, 3.05) is 0 Å². The molecule has 1 fully saturated rings. The molecule has 0 spiro atoms. The van der Waals surface area contributed by atoms with Gasteiger partial charge in [0.05, 0.1) is 5.92 Å². The lowest BCUT2D eigenvalue weighted by molar-refractivity contribution is -0.149. The molecule has 1 aliphatic rings. The van der Waals surface area contributed by atoms with E-state index in [1.807, 2.05) is 0 Å². The Morgan fingerprint density at radius 2 is 2.08 bits per heavy atom. The molecule has 0 radical (unpaired) electrons. The van der Waals surface area contributed by atoms with Crippen molar-refractivity contribution in [2.24, 2.45) is 5.92 Å². The van der Waals surface area contributed by atoms with Gasteiger partial charge in [-0.15, -0.1) is 0 Å². The molecule has 2 atom stereocenters. The van der Waals surface area contributed by atoms with Gasteiger partial charge in [0.25, 0.3) is 0 Å². The predicted octanol–water partition coefficient (Wildman–Crippen LogP) is 1.31. The van der Waals surface area contributed by atoms with E-state index >= 15 is 0 Å². The third kappa shape index (κ3) is 1.65. The van der Waals surface area contributed by atoms with Gasteiger partial charge in [-0.2, -0.15) is 0 Å². The summed E-state index contributed by atoms with van der Waals surface area (Å²) in [6, 6.07) is 0. The van der Waals surface area contributed by atoms with Gasteiger partial charge in [0.1, 0.15) is 6.10 Å². The van der Waals surface area contributed by atoms with Gasteiger partial charge in [0, 0.05) is 0 Å². The number of esters is 1. The zero-order valence-electron chi connectivity index (χ0n) is 7.50. The summed E-state index contributed by atoms with van der Waals surface area (Å²) < 4.78 is 4.90. The van der Waals surface area contributed by atoms with E-state index in [4.69, 9.17) is 4.74 Å². The molecule has 2 unspecified atom stereocenters. The normalized spacial score (nSPS) is 29.2. The van der Waals surface area contributed by atoms with Crippen molar-refractivity contribution < 1.29 is 14.3 Å². The fourth-order valence-electron chi connectivity index (χ4n) is 1.37. The SMILES string of the molecule is CCCCC1OC(=O)C(=O)C1C. The predicted molar refractivity (Wildman–Crippen MR) is 43.6 cm³/mol. The maximum absolute atomic E-state index is 11.0. The molecule has 1 saturated heterocycles. The zero-order valence-corrected chi connectivity index (χ0v) is 7.50. The molecular formula is C9H14O3. The van der Waals surface area contributed by atoms with E-state index in [2.05, 4.69) is 6.92 Å². The van der Waals surface area contributed by atoms with E-state index in [0.29, 0.717) is 0 Å². The molecule has 1 aliphatic heterocycles. The van der Waals surface area contributed by atoms with E-state index in [-0.39, 0.29) is 17.8 Å². The summed E-state index contributed by atoms with van der Waals surface area (Å²) in [5, 5.41) is 0. The maximum atomic E-state index is 11.0. The van der Waals surface area contributed by atoms with Crippen molar-refractivity contribution in [3.05, 3.63) is 0 Å². The summed E-state index contributed by atoms with van der Waals surface area (Å²) >= 11 is 0. The number of ketones is 1. The van der Waals surface area contributed by atoms with Crippen LogP contribution < -0.4 is 0 Å². The fourth-order valence-corrected chi connectivity index (χ4v) is 1.37. The molecule has 0 aromatic heterocycles. The highest BCUT2D eigenvalue weighted by Crippen LogP contribution is 2.22. The molecule has 0 amide bonds. The highest BCUT2D eigenvalue weighted by molar-refractivity contribution is 6.36. The van der Waals surface area contributed by atoms with Gasteiger partial charge in [-0.3, -0.25) is 4.79 Å². The van der Waals surface area contributed by atoms with Gasteiger partial charge in [0.2, 0.25) is 5.78 Å². The van der Waals surface area contributed by atoms with Crippen molar-refractivity contribution in [2.45, 2.75) is 39.2 Å². The number of hydrogen-bond donors (Lipinski definition) is 0. The largest absolute Gasteiger partial charge is 0.456 e. The van der Waals surface area contributed by atoms with Crippen LogP contribution in [0.4, 0.5) is 0 Å². The Morgan fingerprint density at radius 3 is 2.50 bits per heavy atom. The Hall–Kier alpha value is -0.860. The molecule has 3 nitrogen and oxygen atoms in total. The Balaban J connectivity index is 2.47. The maximum Gasteiger partial charge on any atom is 0.375 e. The van der Waals surface area contributed by atoms with Crippen LogP contribution in [0.3, 0.4) is 0 Å². The second kappa shape index (κ2) is 3.70. The van der Waals surface area contributed by atoms with Gasteiger partial charge < -0.3 is 4.74 Å². The highest BCUT2D eigenvalue weighted by Gasteiger charge is 2.39. The van der Waals surface area contributed by atoms with Crippen molar-refractivity contribution >= 4 is 11.8 Å². The van der Waals surface area contributed by atoms with Crippen LogP contribution in [-0.2, 0) is 14.3 Å². The number of cyclic esters (lactones) is 1. The molecule has 1 rings (SSSR count). The molecule has 3 heteroatoms. The fraction of sp³-hybridized carbons (Fsp3) is 0.778. The number of ether oxygens (including phenoxy) is 1. The van der Waals surface area contributed by atoms with Gasteiger partial charge in [-0.05, 0) is 6.42 Å². The topological polar surface area (TPSA) is 43.4 Å². The van der Waals surface area contributed by atoms with Crippen molar-refractivity contribution in [3.63, 3.8) is 0 Å². The second-order valence-electron chi connectivity index (χ2n) is 3.24. The number of carbonyl (C=O) groups excluding carboxylic acids is 2. The number of carbonyl (C=O) groups is 2. The molecule has 1 heterocycles. The van der Waals surface area contributed by atoms with Crippen molar-refractivity contribution in [3.8, 4) is 0 Å². The van der Waals surface area contributed by atoms with Gasteiger partial charge in [-0.25, -0.2) is 4.79 Å². The zero-order chi connectivity index (χ0) is 9.14. The van der Waals surface area contributed by atoms with Crippen LogP contribution in [-0.4, -0.2) is 17.9 Å². The number of hydrogen-bond acceptors (Lipinski definition) is 3. The lowest BCUT2D eigenvalue weighted by Gasteiger charge is -2.10. The van der Waals surface area contributed by atoms with Crippen LogP contribution in [0, 0.1) is 5.92 Å². The lowest BCUT2D eigenvalue weighted by atomic mass is 9.98. The van der Waals surface area contributed by atoms with Crippen LogP contribution in [0.15, 0.2) is 0 Å². The summed E-state index contributed by atoms with van der Waals surface area (Å²) in [4.78, 5) is 21.8.